The third kappa shape index (κ3) is 5.09. The minimum absolute atomic E-state index is 0.134. The van der Waals surface area contributed by atoms with E-state index in [2.05, 4.69) is 16.8 Å². The molecule has 0 fully saturated rings. The van der Waals surface area contributed by atoms with Crippen LogP contribution in [0.3, 0.4) is 0 Å². The van der Waals surface area contributed by atoms with E-state index in [9.17, 15) is 10.1 Å². The fourth-order valence-electron chi connectivity index (χ4n) is 2.21. The van der Waals surface area contributed by atoms with Crippen LogP contribution in [0.25, 0.3) is 0 Å². The number of nitrogens with zero attached hydrogens (tertiary/aromatic N) is 4. The maximum atomic E-state index is 10.8. The van der Waals surface area contributed by atoms with Crippen LogP contribution in [0.2, 0.25) is 5.02 Å². The van der Waals surface area contributed by atoms with Gasteiger partial charge >= 0.3 is 5.00 Å². The first-order chi connectivity index (χ1) is 13.1. The molecule has 27 heavy (non-hydrogen) atoms. The minimum Gasteiger partial charge on any atom is -0.486 e. The highest BCUT2D eigenvalue weighted by Gasteiger charge is 2.14. The van der Waals surface area contributed by atoms with Crippen LogP contribution in [-0.2, 0) is 18.9 Å². The Morgan fingerprint density at radius 3 is 2.81 bits per heavy atom. The Bertz CT molecular complexity index is 940. The van der Waals surface area contributed by atoms with E-state index in [0.717, 1.165) is 16.9 Å². The maximum Gasteiger partial charge on any atom is 0.324 e. The number of benzene rings is 1. The zero-order chi connectivity index (χ0) is 19.2. The summed E-state index contributed by atoms with van der Waals surface area (Å²) in [5.41, 5.74) is 0.879. The van der Waals surface area contributed by atoms with Gasteiger partial charge in [-0.25, -0.2) is 0 Å². The topological polar surface area (TPSA) is 83.1 Å². The fraction of sp³-hybridized carbons (Fsp3) is 0.176. The quantitative estimate of drug-likeness (QED) is 0.210. The van der Waals surface area contributed by atoms with Gasteiger partial charge in [-0.2, -0.15) is 0 Å². The zero-order valence-electron chi connectivity index (χ0n) is 14.1. The number of thiophene rings is 1. The molecule has 2 heterocycles. The van der Waals surface area contributed by atoms with Crippen molar-refractivity contribution in [2.45, 2.75) is 24.1 Å². The molecule has 0 radical (unpaired) electrons. The van der Waals surface area contributed by atoms with Crippen LogP contribution in [0, 0.1) is 10.1 Å². The third-order valence-corrected chi connectivity index (χ3v) is 5.69. The van der Waals surface area contributed by atoms with Crippen molar-refractivity contribution < 1.29 is 9.66 Å². The van der Waals surface area contributed by atoms with Crippen LogP contribution in [0.15, 0.2) is 53.5 Å². The Labute approximate surface area is 168 Å². The molecule has 0 saturated heterocycles. The number of ether oxygens (including phenoxy) is 1. The summed E-state index contributed by atoms with van der Waals surface area (Å²) in [6.45, 7) is 4.57. The van der Waals surface area contributed by atoms with E-state index < -0.39 is 0 Å². The molecule has 0 saturated carbocycles. The predicted molar refractivity (Wildman–Crippen MR) is 107 cm³/mol. The van der Waals surface area contributed by atoms with Crippen LogP contribution in [-0.4, -0.2) is 19.7 Å². The van der Waals surface area contributed by atoms with Gasteiger partial charge in [0.2, 0.25) is 0 Å². The Morgan fingerprint density at radius 2 is 2.15 bits per heavy atom. The minimum atomic E-state index is -0.384. The summed E-state index contributed by atoms with van der Waals surface area (Å²) in [5.74, 6) is 1.92. The molecule has 0 atom stereocenters. The molecule has 0 amide bonds. The van der Waals surface area contributed by atoms with Gasteiger partial charge in [0.15, 0.2) is 11.0 Å². The lowest BCUT2D eigenvalue weighted by Crippen LogP contribution is -2.07. The van der Waals surface area contributed by atoms with Crippen molar-refractivity contribution in [2.75, 3.05) is 0 Å². The van der Waals surface area contributed by atoms with Gasteiger partial charge in [-0.05, 0) is 29.8 Å². The highest BCUT2D eigenvalue weighted by molar-refractivity contribution is 7.98. The van der Waals surface area contributed by atoms with Crippen LogP contribution in [0.4, 0.5) is 5.00 Å². The van der Waals surface area contributed by atoms with Crippen LogP contribution >= 0.6 is 34.7 Å². The first-order valence-corrected chi connectivity index (χ1v) is 10.1. The van der Waals surface area contributed by atoms with Gasteiger partial charge in [-0.3, -0.25) is 14.7 Å². The molecule has 2 aromatic heterocycles. The fourth-order valence-corrected chi connectivity index (χ4v) is 4.06. The third-order valence-electron chi connectivity index (χ3n) is 3.47. The average molecular weight is 423 g/mol. The second-order valence-corrected chi connectivity index (χ2v) is 7.65. The van der Waals surface area contributed by atoms with E-state index in [1.165, 1.54) is 11.8 Å². The number of allylic oxidation sites excluding steroid dienone is 1. The number of rotatable bonds is 9. The van der Waals surface area contributed by atoms with Gasteiger partial charge in [0.1, 0.15) is 12.4 Å². The van der Waals surface area contributed by atoms with Crippen molar-refractivity contribution >= 4 is 39.7 Å². The Balaban J connectivity index is 1.67. The molecule has 3 aromatic rings. The molecular formula is C17H15ClN4O3S2. The molecule has 0 aliphatic rings. The highest BCUT2D eigenvalue weighted by Crippen LogP contribution is 2.28. The summed E-state index contributed by atoms with van der Waals surface area (Å²) < 4.78 is 7.65. The van der Waals surface area contributed by atoms with Crippen molar-refractivity contribution in [3.8, 4) is 5.75 Å². The molecule has 0 aliphatic heterocycles. The zero-order valence-corrected chi connectivity index (χ0v) is 16.5. The standard InChI is InChI=1S/C17H15ClN4O3S2/c1-2-7-21-15(9-25-14-5-3-13(18)4-6-14)19-20-17(21)27-11-12-8-16(22(23)24)26-10-12/h2-6,8,10H,1,7,9,11H2. The summed E-state index contributed by atoms with van der Waals surface area (Å²) in [5, 5.41) is 22.5. The summed E-state index contributed by atoms with van der Waals surface area (Å²) in [7, 11) is 0. The molecule has 140 valence electrons. The smallest absolute Gasteiger partial charge is 0.324 e. The Hall–Kier alpha value is -2.36. The number of hydrogen-bond donors (Lipinski definition) is 0. The van der Waals surface area contributed by atoms with Gasteiger partial charge in [-0.15, -0.1) is 16.8 Å². The van der Waals surface area contributed by atoms with Crippen molar-refractivity contribution in [1.82, 2.24) is 14.8 Å². The molecule has 3 rings (SSSR count). The van der Waals surface area contributed by atoms with Gasteiger partial charge < -0.3 is 4.74 Å². The molecule has 0 bridgehead atoms. The first kappa shape index (κ1) is 19.4. The summed E-state index contributed by atoms with van der Waals surface area (Å²) in [6, 6.07) is 8.67. The monoisotopic (exact) mass is 422 g/mol. The summed E-state index contributed by atoms with van der Waals surface area (Å²) >= 11 is 8.45. The summed E-state index contributed by atoms with van der Waals surface area (Å²) in [4.78, 5) is 10.4. The lowest BCUT2D eigenvalue weighted by atomic mass is 10.3. The predicted octanol–water partition coefficient (Wildman–Crippen LogP) is 4.96. The number of halogens is 1. The van der Waals surface area contributed by atoms with Gasteiger partial charge in [-0.1, -0.05) is 40.8 Å². The number of hydrogen-bond acceptors (Lipinski definition) is 7. The van der Waals surface area contributed by atoms with Gasteiger partial charge in [0, 0.05) is 28.8 Å². The molecule has 1 aromatic carbocycles. The van der Waals surface area contributed by atoms with Crippen molar-refractivity contribution in [1.29, 1.82) is 0 Å². The maximum absolute atomic E-state index is 10.8. The van der Waals surface area contributed by atoms with E-state index in [0.29, 0.717) is 34.1 Å². The molecule has 7 nitrogen and oxygen atoms in total. The van der Waals surface area contributed by atoms with Crippen molar-refractivity contribution in [2.24, 2.45) is 0 Å². The normalized spacial score (nSPS) is 10.7. The SMILES string of the molecule is C=CCn1c(COc2ccc(Cl)cc2)nnc1SCc1csc([N+](=O)[O-])c1. The highest BCUT2D eigenvalue weighted by atomic mass is 35.5. The largest absolute Gasteiger partial charge is 0.486 e. The molecule has 0 aliphatic carbocycles. The Kier molecular flexibility index (Phi) is 6.49. The Morgan fingerprint density at radius 1 is 1.37 bits per heavy atom. The van der Waals surface area contributed by atoms with Crippen molar-refractivity contribution in [3.63, 3.8) is 0 Å². The average Bonchev–Trinajstić information content (AvgIpc) is 3.27. The molecule has 0 spiro atoms. The number of thioether (sulfide) groups is 1. The van der Waals surface area contributed by atoms with Crippen LogP contribution in [0.5, 0.6) is 5.75 Å². The van der Waals surface area contributed by atoms with E-state index in [4.69, 9.17) is 16.3 Å². The molecular weight excluding hydrogens is 408 g/mol. The summed E-state index contributed by atoms with van der Waals surface area (Å²) in [6.07, 6.45) is 1.76. The second-order valence-electron chi connectivity index (χ2n) is 5.38. The van der Waals surface area contributed by atoms with E-state index >= 15 is 0 Å². The molecule has 0 unspecified atom stereocenters. The lowest BCUT2D eigenvalue weighted by Gasteiger charge is -2.09. The molecule has 0 N–H and O–H groups in total. The second kappa shape index (κ2) is 9.03. The molecule has 10 heteroatoms. The van der Waals surface area contributed by atoms with Gasteiger partial charge in [0.25, 0.3) is 0 Å². The van der Waals surface area contributed by atoms with Crippen molar-refractivity contribution in [3.05, 3.63) is 74.9 Å². The van der Waals surface area contributed by atoms with Gasteiger partial charge in [0.05, 0.1) is 4.92 Å². The van der Waals surface area contributed by atoms with E-state index in [-0.39, 0.29) is 16.5 Å². The van der Waals surface area contributed by atoms with E-state index in [1.54, 1.807) is 41.8 Å². The lowest BCUT2D eigenvalue weighted by molar-refractivity contribution is -0.380. The number of nitro groups is 1. The van der Waals surface area contributed by atoms with E-state index in [1.807, 2.05) is 4.57 Å². The number of aromatic nitrogens is 3. The van der Waals surface area contributed by atoms with Crippen LogP contribution < -0.4 is 4.74 Å². The van der Waals surface area contributed by atoms with Crippen LogP contribution in [0.1, 0.15) is 11.4 Å². The first-order valence-electron chi connectivity index (χ1n) is 7.82.